The number of aryl methyl sites for hydroxylation is 1. The molecule has 1 aromatic heterocycles. The number of hydrogen-bond donors (Lipinski definition) is 1. The third-order valence-electron chi connectivity index (χ3n) is 2.08. The summed E-state index contributed by atoms with van der Waals surface area (Å²) in [6.07, 6.45) is 1.90. The summed E-state index contributed by atoms with van der Waals surface area (Å²) in [5.41, 5.74) is 0. The number of methoxy groups -OCH3 is 1. The van der Waals surface area contributed by atoms with E-state index in [9.17, 15) is 0 Å². The van der Waals surface area contributed by atoms with Crippen molar-refractivity contribution in [3.63, 3.8) is 0 Å². The molecule has 0 amide bonds. The van der Waals surface area contributed by atoms with E-state index < -0.39 is 0 Å². The molecule has 5 heteroatoms. The van der Waals surface area contributed by atoms with Crippen LogP contribution in [0.4, 0.5) is 0 Å². The molecule has 0 unspecified atom stereocenters. The van der Waals surface area contributed by atoms with Gasteiger partial charge in [-0.15, -0.1) is 11.3 Å². The van der Waals surface area contributed by atoms with E-state index in [4.69, 9.17) is 9.84 Å². The fourth-order valence-electron chi connectivity index (χ4n) is 1.33. The number of rotatable bonds is 7. The molecule has 4 nitrogen and oxygen atoms in total. The molecule has 0 atom stereocenters. The average Bonchev–Trinajstić information content (AvgIpc) is 2.61. The van der Waals surface area contributed by atoms with Gasteiger partial charge in [-0.2, -0.15) is 0 Å². The molecular formula is C10H18N2O2S. The second-order valence-electron chi connectivity index (χ2n) is 3.34. The van der Waals surface area contributed by atoms with Crippen molar-refractivity contribution in [3.05, 3.63) is 16.1 Å². The van der Waals surface area contributed by atoms with Crippen LogP contribution in [0.25, 0.3) is 0 Å². The third kappa shape index (κ3) is 4.70. The maximum Gasteiger partial charge on any atom is 0.0897 e. The maximum atomic E-state index is 8.92. The Balaban J connectivity index is 2.42. The monoisotopic (exact) mass is 230 g/mol. The Morgan fingerprint density at radius 1 is 1.53 bits per heavy atom. The van der Waals surface area contributed by atoms with Gasteiger partial charge in [-0.1, -0.05) is 0 Å². The molecule has 0 radical (unpaired) electrons. The average molecular weight is 230 g/mol. The van der Waals surface area contributed by atoms with Crippen molar-refractivity contribution in [1.82, 2.24) is 9.88 Å². The lowest BCUT2D eigenvalue weighted by molar-refractivity contribution is 0.127. The SMILES string of the molecule is COCCN(CCO)Cc1cnc(C)s1. The zero-order chi connectivity index (χ0) is 11.1. The first-order valence-corrected chi connectivity index (χ1v) is 5.81. The summed E-state index contributed by atoms with van der Waals surface area (Å²) in [4.78, 5) is 7.60. The van der Waals surface area contributed by atoms with Crippen LogP contribution in [0.1, 0.15) is 9.88 Å². The molecule has 15 heavy (non-hydrogen) atoms. The van der Waals surface area contributed by atoms with Gasteiger partial charge in [0.2, 0.25) is 0 Å². The third-order valence-corrected chi connectivity index (χ3v) is 2.97. The summed E-state index contributed by atoms with van der Waals surface area (Å²) >= 11 is 1.70. The van der Waals surface area contributed by atoms with Crippen LogP contribution in [0.3, 0.4) is 0 Å². The van der Waals surface area contributed by atoms with Crippen molar-refractivity contribution >= 4 is 11.3 Å². The largest absolute Gasteiger partial charge is 0.395 e. The van der Waals surface area contributed by atoms with E-state index in [1.165, 1.54) is 4.88 Å². The molecule has 0 saturated heterocycles. The molecule has 1 N–H and O–H groups in total. The highest BCUT2D eigenvalue weighted by molar-refractivity contribution is 7.11. The van der Waals surface area contributed by atoms with Gasteiger partial charge in [-0.05, 0) is 6.92 Å². The molecule has 86 valence electrons. The van der Waals surface area contributed by atoms with Crippen molar-refractivity contribution in [1.29, 1.82) is 0 Å². The molecule has 0 aliphatic heterocycles. The van der Waals surface area contributed by atoms with Gasteiger partial charge < -0.3 is 9.84 Å². The van der Waals surface area contributed by atoms with Crippen LogP contribution in [0.5, 0.6) is 0 Å². The molecule has 0 saturated carbocycles. The van der Waals surface area contributed by atoms with Crippen molar-refractivity contribution < 1.29 is 9.84 Å². The molecule has 0 aliphatic rings. The van der Waals surface area contributed by atoms with Crippen molar-refractivity contribution in [2.45, 2.75) is 13.5 Å². The molecule has 1 rings (SSSR count). The molecule has 0 aliphatic carbocycles. The Bertz CT molecular complexity index is 278. The fourth-order valence-corrected chi connectivity index (χ4v) is 2.17. The van der Waals surface area contributed by atoms with Gasteiger partial charge in [0, 0.05) is 37.8 Å². The summed E-state index contributed by atoms with van der Waals surface area (Å²) in [6.45, 7) is 5.24. The van der Waals surface area contributed by atoms with Crippen LogP contribution in [-0.4, -0.2) is 48.4 Å². The number of aliphatic hydroxyl groups excluding tert-OH is 1. The zero-order valence-electron chi connectivity index (χ0n) is 9.27. The first-order chi connectivity index (χ1) is 7.26. The Morgan fingerprint density at radius 2 is 2.33 bits per heavy atom. The van der Waals surface area contributed by atoms with Crippen LogP contribution < -0.4 is 0 Å². The lowest BCUT2D eigenvalue weighted by Crippen LogP contribution is -2.29. The van der Waals surface area contributed by atoms with E-state index in [0.29, 0.717) is 13.2 Å². The molecule has 1 heterocycles. The van der Waals surface area contributed by atoms with Crippen molar-refractivity contribution in [2.75, 3.05) is 33.4 Å². The highest BCUT2D eigenvalue weighted by atomic mass is 32.1. The van der Waals surface area contributed by atoms with Crippen LogP contribution in [0, 0.1) is 6.92 Å². The Labute approximate surface area is 94.5 Å². The minimum Gasteiger partial charge on any atom is -0.395 e. The van der Waals surface area contributed by atoms with Gasteiger partial charge >= 0.3 is 0 Å². The number of aliphatic hydroxyl groups is 1. The van der Waals surface area contributed by atoms with E-state index in [2.05, 4.69) is 9.88 Å². The van der Waals surface area contributed by atoms with Gasteiger partial charge in [0.25, 0.3) is 0 Å². The quantitative estimate of drug-likeness (QED) is 0.755. The lowest BCUT2D eigenvalue weighted by Gasteiger charge is -2.19. The minimum absolute atomic E-state index is 0.182. The smallest absolute Gasteiger partial charge is 0.0897 e. The first-order valence-electron chi connectivity index (χ1n) is 4.99. The molecule has 0 aromatic carbocycles. The number of aromatic nitrogens is 1. The molecule has 0 spiro atoms. The molecule has 1 aromatic rings. The van der Waals surface area contributed by atoms with E-state index in [0.717, 1.165) is 18.1 Å². The van der Waals surface area contributed by atoms with Gasteiger partial charge in [0.15, 0.2) is 0 Å². The topological polar surface area (TPSA) is 45.6 Å². The maximum absolute atomic E-state index is 8.92. The second-order valence-corrected chi connectivity index (χ2v) is 4.66. The highest BCUT2D eigenvalue weighted by Crippen LogP contribution is 2.13. The molecule has 0 bridgehead atoms. The van der Waals surface area contributed by atoms with Crippen LogP contribution >= 0.6 is 11.3 Å². The van der Waals surface area contributed by atoms with E-state index in [1.807, 2.05) is 13.1 Å². The van der Waals surface area contributed by atoms with Crippen LogP contribution in [0.15, 0.2) is 6.20 Å². The predicted octanol–water partition coefficient (Wildman–Crippen LogP) is 0.892. The normalized spacial score (nSPS) is 11.2. The van der Waals surface area contributed by atoms with E-state index in [-0.39, 0.29) is 6.61 Å². The highest BCUT2D eigenvalue weighted by Gasteiger charge is 2.07. The second kappa shape index (κ2) is 6.90. The summed E-state index contributed by atoms with van der Waals surface area (Å²) in [5, 5.41) is 10.0. The van der Waals surface area contributed by atoms with Crippen LogP contribution in [-0.2, 0) is 11.3 Å². The summed E-state index contributed by atoms with van der Waals surface area (Å²) in [6, 6.07) is 0. The summed E-state index contributed by atoms with van der Waals surface area (Å²) < 4.78 is 5.03. The summed E-state index contributed by atoms with van der Waals surface area (Å²) in [7, 11) is 1.69. The predicted molar refractivity (Wildman–Crippen MR) is 61.1 cm³/mol. The lowest BCUT2D eigenvalue weighted by atomic mass is 10.4. The Morgan fingerprint density at radius 3 is 2.87 bits per heavy atom. The molecular weight excluding hydrogens is 212 g/mol. The van der Waals surface area contributed by atoms with Gasteiger partial charge in [-0.3, -0.25) is 4.90 Å². The van der Waals surface area contributed by atoms with Gasteiger partial charge in [-0.25, -0.2) is 4.98 Å². The van der Waals surface area contributed by atoms with Crippen molar-refractivity contribution in [2.24, 2.45) is 0 Å². The number of ether oxygens (including phenoxy) is 1. The van der Waals surface area contributed by atoms with Crippen molar-refractivity contribution in [3.8, 4) is 0 Å². The number of thiazole rings is 1. The van der Waals surface area contributed by atoms with Gasteiger partial charge in [0.05, 0.1) is 18.2 Å². The van der Waals surface area contributed by atoms with E-state index in [1.54, 1.807) is 18.4 Å². The summed E-state index contributed by atoms with van der Waals surface area (Å²) in [5.74, 6) is 0. The first kappa shape index (κ1) is 12.6. The minimum atomic E-state index is 0.182. The Hall–Kier alpha value is -0.490. The zero-order valence-corrected chi connectivity index (χ0v) is 10.1. The van der Waals surface area contributed by atoms with Crippen LogP contribution in [0.2, 0.25) is 0 Å². The molecule has 0 fully saturated rings. The number of nitrogens with zero attached hydrogens (tertiary/aromatic N) is 2. The fraction of sp³-hybridized carbons (Fsp3) is 0.700. The number of hydrogen-bond acceptors (Lipinski definition) is 5. The standard InChI is InChI=1S/C10H18N2O2S/c1-9-11-7-10(15-9)8-12(3-5-13)4-6-14-2/h7,13H,3-6,8H2,1-2H3. The van der Waals surface area contributed by atoms with Gasteiger partial charge in [0.1, 0.15) is 0 Å². The van der Waals surface area contributed by atoms with E-state index >= 15 is 0 Å². The Kier molecular flexibility index (Phi) is 5.78.